The van der Waals surface area contributed by atoms with E-state index in [-0.39, 0.29) is 0 Å². The Morgan fingerprint density at radius 1 is 0.236 bits per heavy atom. The van der Waals surface area contributed by atoms with Crippen molar-refractivity contribution >= 4 is 133 Å². The molecule has 8 heteroatoms. The number of hydrogen-bond donors (Lipinski definition) is 0. The summed E-state index contributed by atoms with van der Waals surface area (Å²) in [5.74, 6) is 1.86. The summed E-state index contributed by atoms with van der Waals surface area (Å²) in [5, 5.41) is 8.42. The molecule has 10 aromatic carbocycles. The van der Waals surface area contributed by atoms with Gasteiger partial charge in [0, 0.05) is 65.8 Å². The molecule has 0 amide bonds. The zero-order valence-corrected chi connectivity index (χ0v) is 39.1. The molecule has 0 radical (unpaired) electrons. The minimum atomic E-state index is 0.833. The number of aryl methyl sites for hydroxylation is 2. The summed E-state index contributed by atoms with van der Waals surface area (Å²) >= 11 is 0. The maximum atomic E-state index is 6.49. The molecule has 340 valence electrons. The Bertz CT molecular complexity index is 4370. The van der Waals surface area contributed by atoms with Gasteiger partial charge in [-0.1, -0.05) is 84.9 Å². The molecule has 6 heterocycles. The van der Waals surface area contributed by atoms with E-state index in [0.717, 1.165) is 145 Å². The molecular weight excluding hydrogens is 889 g/mol. The monoisotopic (exact) mass is 928 g/mol. The number of benzene rings is 10. The molecule has 2 aliphatic heterocycles. The Hall–Kier alpha value is -9.66. The zero-order valence-electron chi connectivity index (χ0n) is 39.1. The molecule has 8 nitrogen and oxygen atoms in total. The van der Waals surface area contributed by atoms with Crippen LogP contribution in [0.4, 0.5) is 45.5 Å². The van der Waals surface area contributed by atoms with Crippen LogP contribution < -0.4 is 19.6 Å². The number of rotatable bonds is 4. The first-order valence-corrected chi connectivity index (χ1v) is 24.3. The first-order chi connectivity index (χ1) is 35.5. The molecule has 0 fully saturated rings. The fourth-order valence-electron chi connectivity index (χ4n) is 11.5. The Kier molecular flexibility index (Phi) is 7.87. The van der Waals surface area contributed by atoms with Gasteiger partial charge in [-0.15, -0.1) is 0 Å². The van der Waals surface area contributed by atoms with E-state index in [4.69, 9.17) is 17.7 Å². The fourth-order valence-corrected chi connectivity index (χ4v) is 11.5. The van der Waals surface area contributed by atoms with Gasteiger partial charge in [-0.3, -0.25) is 19.6 Å². The minimum absolute atomic E-state index is 0.833. The quantitative estimate of drug-likeness (QED) is 0.173. The SMILES string of the molecule is Cc1cc2c(cc1C)N(c1ccc3oc4ccccc4c3c1)C(=C1N(c3ccc4oc5ccccc5c4c3)c3ccccc3N1c1ccc3oc4ccccc4c3c1)N2c1ccc2oc3ccccc3c2c1. The van der Waals surface area contributed by atoms with Gasteiger partial charge in [-0.05, 0) is 146 Å². The van der Waals surface area contributed by atoms with Gasteiger partial charge in [0.15, 0.2) is 11.6 Å². The lowest BCUT2D eigenvalue weighted by Crippen LogP contribution is -2.33. The van der Waals surface area contributed by atoms with Crippen LogP contribution in [-0.4, -0.2) is 0 Å². The molecule has 16 rings (SSSR count). The second-order valence-electron chi connectivity index (χ2n) is 19.0. The second kappa shape index (κ2) is 14.4. The van der Waals surface area contributed by atoms with Gasteiger partial charge < -0.3 is 17.7 Å². The summed E-state index contributed by atoms with van der Waals surface area (Å²) in [6, 6.07) is 73.0. The molecule has 0 N–H and O–H groups in total. The van der Waals surface area contributed by atoms with Crippen LogP contribution >= 0.6 is 0 Å². The average Bonchev–Trinajstić information content (AvgIpc) is 4.27. The number of anilines is 8. The topological polar surface area (TPSA) is 65.5 Å². The van der Waals surface area contributed by atoms with Crippen molar-refractivity contribution in [1.82, 2.24) is 0 Å². The van der Waals surface area contributed by atoms with Crippen LogP contribution in [0.25, 0.3) is 87.8 Å². The highest BCUT2D eigenvalue weighted by Crippen LogP contribution is 2.58. The molecular formula is C64H40N4O4. The van der Waals surface area contributed by atoms with Gasteiger partial charge >= 0.3 is 0 Å². The molecule has 0 saturated carbocycles. The summed E-state index contributed by atoms with van der Waals surface area (Å²) in [7, 11) is 0. The molecule has 2 aliphatic rings. The zero-order chi connectivity index (χ0) is 47.3. The van der Waals surface area contributed by atoms with Gasteiger partial charge in [-0.2, -0.15) is 0 Å². The number of hydrogen-bond acceptors (Lipinski definition) is 8. The Labute approximate surface area is 411 Å². The summed E-state index contributed by atoms with van der Waals surface area (Å²) in [6.45, 7) is 4.41. The summed E-state index contributed by atoms with van der Waals surface area (Å²) in [5.41, 5.74) is 17.2. The van der Waals surface area contributed by atoms with E-state index in [1.54, 1.807) is 0 Å². The van der Waals surface area contributed by atoms with Crippen molar-refractivity contribution in [3.05, 3.63) is 229 Å². The van der Waals surface area contributed by atoms with Crippen LogP contribution in [0.3, 0.4) is 0 Å². The lowest BCUT2D eigenvalue weighted by atomic mass is 10.1. The van der Waals surface area contributed by atoms with E-state index in [0.29, 0.717) is 0 Å². The number of para-hydroxylation sites is 6. The first-order valence-electron chi connectivity index (χ1n) is 24.3. The molecule has 0 aliphatic carbocycles. The standard InChI is InChI=1S/C64H40N4O4/c1-37-31-53-54(32-38(37)2)68(42-26-30-62-50(36-42)46-16-6-12-22-58(46)72-62)64(67(53)41-25-29-61-49(35-41)45-15-5-11-21-57(45)71-61)63-65(39-23-27-59-47(33-39)43-13-3-9-19-55(43)69-59)51-17-7-8-18-52(51)66(63)40-24-28-60-48(34-40)44-14-4-10-20-56(44)70-60/h3-36H,1-2H3. The largest absolute Gasteiger partial charge is 0.456 e. The fraction of sp³-hybridized carbons (Fsp3) is 0.0312. The van der Waals surface area contributed by atoms with E-state index in [9.17, 15) is 0 Å². The van der Waals surface area contributed by atoms with E-state index >= 15 is 0 Å². The molecule has 4 aromatic heterocycles. The van der Waals surface area contributed by atoms with Crippen molar-refractivity contribution in [2.24, 2.45) is 0 Å². The van der Waals surface area contributed by atoms with Crippen molar-refractivity contribution in [2.45, 2.75) is 13.8 Å². The maximum absolute atomic E-state index is 6.49. The van der Waals surface area contributed by atoms with E-state index < -0.39 is 0 Å². The number of nitrogens with zero attached hydrogens (tertiary/aromatic N) is 4. The highest BCUT2D eigenvalue weighted by Gasteiger charge is 2.45. The number of fused-ring (bicyclic) bond motifs is 14. The van der Waals surface area contributed by atoms with Crippen molar-refractivity contribution in [3.8, 4) is 0 Å². The lowest BCUT2D eigenvalue weighted by Gasteiger charge is -2.34. The Balaban J connectivity index is 1.07. The van der Waals surface area contributed by atoms with E-state index in [1.807, 2.05) is 48.5 Å². The number of furan rings is 4. The van der Waals surface area contributed by atoms with Crippen LogP contribution in [0.2, 0.25) is 0 Å². The van der Waals surface area contributed by atoms with E-state index in [1.165, 1.54) is 11.1 Å². The Morgan fingerprint density at radius 2 is 0.486 bits per heavy atom. The Morgan fingerprint density at radius 3 is 0.792 bits per heavy atom. The average molecular weight is 929 g/mol. The summed E-state index contributed by atoms with van der Waals surface area (Å²) in [4.78, 5) is 9.79. The predicted octanol–water partition coefficient (Wildman–Crippen LogP) is 18.3. The highest BCUT2D eigenvalue weighted by molar-refractivity contribution is 6.12. The van der Waals surface area contributed by atoms with Crippen LogP contribution in [0.5, 0.6) is 0 Å². The van der Waals surface area contributed by atoms with Gasteiger partial charge in [0.1, 0.15) is 44.7 Å². The molecule has 72 heavy (non-hydrogen) atoms. The second-order valence-corrected chi connectivity index (χ2v) is 19.0. The van der Waals surface area contributed by atoms with Crippen molar-refractivity contribution in [2.75, 3.05) is 19.6 Å². The minimum Gasteiger partial charge on any atom is -0.456 e. The van der Waals surface area contributed by atoms with Crippen molar-refractivity contribution < 1.29 is 17.7 Å². The molecule has 14 aromatic rings. The molecule has 0 bridgehead atoms. The van der Waals surface area contributed by atoms with Gasteiger partial charge in [0.2, 0.25) is 0 Å². The van der Waals surface area contributed by atoms with Gasteiger partial charge in [-0.25, -0.2) is 0 Å². The maximum Gasteiger partial charge on any atom is 0.166 e. The predicted molar refractivity (Wildman–Crippen MR) is 293 cm³/mol. The third-order valence-electron chi connectivity index (χ3n) is 15.0. The van der Waals surface area contributed by atoms with Crippen molar-refractivity contribution in [1.29, 1.82) is 0 Å². The molecule has 0 saturated heterocycles. The highest BCUT2D eigenvalue weighted by atomic mass is 16.3. The summed E-state index contributed by atoms with van der Waals surface area (Å²) in [6.07, 6.45) is 0. The third-order valence-corrected chi connectivity index (χ3v) is 15.0. The normalized spacial score (nSPS) is 13.8. The van der Waals surface area contributed by atoms with Crippen LogP contribution in [0.15, 0.2) is 236 Å². The van der Waals surface area contributed by atoms with Crippen LogP contribution in [-0.2, 0) is 0 Å². The molecule has 0 unspecified atom stereocenters. The van der Waals surface area contributed by atoms with Crippen LogP contribution in [0.1, 0.15) is 11.1 Å². The van der Waals surface area contributed by atoms with Gasteiger partial charge in [0.05, 0.1) is 22.7 Å². The molecule has 0 atom stereocenters. The third kappa shape index (κ3) is 5.46. The summed E-state index contributed by atoms with van der Waals surface area (Å²) < 4.78 is 25.9. The van der Waals surface area contributed by atoms with Crippen molar-refractivity contribution in [3.63, 3.8) is 0 Å². The lowest BCUT2D eigenvalue weighted by molar-refractivity contribution is 0.668. The van der Waals surface area contributed by atoms with Crippen LogP contribution in [0, 0.1) is 13.8 Å². The first kappa shape index (κ1) is 39.2. The smallest absolute Gasteiger partial charge is 0.166 e. The van der Waals surface area contributed by atoms with E-state index in [2.05, 4.69) is 191 Å². The molecule has 0 spiro atoms. The van der Waals surface area contributed by atoms with Gasteiger partial charge in [0.25, 0.3) is 0 Å².